The molecule has 0 aliphatic rings. The maximum atomic E-state index is 12.4. The number of carbonyl (C=O) groups excluding carboxylic acids is 1. The van der Waals surface area contributed by atoms with E-state index in [-0.39, 0.29) is 17.3 Å². The van der Waals surface area contributed by atoms with Gasteiger partial charge >= 0.3 is 0 Å². The zero-order valence-corrected chi connectivity index (χ0v) is 15.9. The molecular formula is C18H17N5O4S. The third-order valence-electron chi connectivity index (χ3n) is 3.96. The van der Waals surface area contributed by atoms with Gasteiger partial charge in [0, 0.05) is 30.4 Å². The number of hydrogen-bond acceptors (Lipinski definition) is 7. The fourth-order valence-corrected chi connectivity index (χ4v) is 3.22. The minimum Gasteiger partial charge on any atom is -0.508 e. The molecule has 3 rings (SSSR count). The summed E-state index contributed by atoms with van der Waals surface area (Å²) in [6.45, 7) is 1.74. The fourth-order valence-electron chi connectivity index (χ4n) is 2.40. The number of aromatic hydroxyl groups is 1. The highest BCUT2D eigenvalue weighted by Crippen LogP contribution is 2.27. The van der Waals surface area contributed by atoms with Crippen molar-refractivity contribution in [3.05, 3.63) is 58.6 Å². The summed E-state index contributed by atoms with van der Waals surface area (Å²) in [6.07, 6.45) is 0. The molecule has 1 aromatic heterocycles. The molecule has 0 bridgehead atoms. The SMILES string of the molecule is C[C@@H](Sc1nnc(-c2ccc(O)cc2)n1C)C(=O)Nc1ccc([N+](=O)[O-])cc1. The highest BCUT2D eigenvalue weighted by molar-refractivity contribution is 8.00. The number of thioether (sulfide) groups is 1. The van der Waals surface area contributed by atoms with Gasteiger partial charge in [-0.25, -0.2) is 0 Å². The fraction of sp³-hybridized carbons (Fsp3) is 0.167. The van der Waals surface area contributed by atoms with Gasteiger partial charge in [-0.05, 0) is 43.3 Å². The second-order valence-electron chi connectivity index (χ2n) is 5.97. The van der Waals surface area contributed by atoms with E-state index in [0.717, 1.165) is 5.56 Å². The molecule has 9 nitrogen and oxygen atoms in total. The Bertz CT molecular complexity index is 1000. The van der Waals surface area contributed by atoms with E-state index in [9.17, 15) is 20.0 Å². The van der Waals surface area contributed by atoms with Crippen LogP contribution in [0.2, 0.25) is 0 Å². The first-order valence-electron chi connectivity index (χ1n) is 8.26. The minimum absolute atomic E-state index is 0.0405. The van der Waals surface area contributed by atoms with Crippen molar-refractivity contribution in [1.82, 2.24) is 14.8 Å². The summed E-state index contributed by atoms with van der Waals surface area (Å²) in [4.78, 5) is 22.6. The van der Waals surface area contributed by atoms with Crippen molar-refractivity contribution in [2.75, 3.05) is 5.32 Å². The van der Waals surface area contributed by atoms with Crippen molar-refractivity contribution in [2.24, 2.45) is 7.05 Å². The minimum atomic E-state index is -0.496. The lowest BCUT2D eigenvalue weighted by molar-refractivity contribution is -0.384. The van der Waals surface area contributed by atoms with Gasteiger partial charge in [0.25, 0.3) is 5.69 Å². The molecule has 28 heavy (non-hydrogen) atoms. The van der Waals surface area contributed by atoms with Gasteiger partial charge in [-0.3, -0.25) is 14.9 Å². The van der Waals surface area contributed by atoms with E-state index in [4.69, 9.17) is 0 Å². The third kappa shape index (κ3) is 4.29. The summed E-state index contributed by atoms with van der Waals surface area (Å²) < 4.78 is 1.77. The largest absolute Gasteiger partial charge is 0.508 e. The molecule has 0 radical (unpaired) electrons. The number of non-ortho nitro benzene ring substituents is 1. The zero-order valence-electron chi connectivity index (χ0n) is 15.1. The van der Waals surface area contributed by atoms with Gasteiger partial charge in [-0.1, -0.05) is 11.8 Å². The van der Waals surface area contributed by atoms with Crippen LogP contribution in [0.25, 0.3) is 11.4 Å². The summed E-state index contributed by atoms with van der Waals surface area (Å²) >= 11 is 1.24. The van der Waals surface area contributed by atoms with Gasteiger partial charge in [-0.2, -0.15) is 0 Å². The number of anilines is 1. The smallest absolute Gasteiger partial charge is 0.269 e. The summed E-state index contributed by atoms with van der Waals surface area (Å²) in [5.74, 6) is 0.524. The quantitative estimate of drug-likeness (QED) is 0.370. The number of rotatable bonds is 6. The highest BCUT2D eigenvalue weighted by atomic mass is 32.2. The van der Waals surface area contributed by atoms with Crippen LogP contribution >= 0.6 is 11.8 Å². The van der Waals surface area contributed by atoms with E-state index < -0.39 is 10.2 Å². The highest BCUT2D eigenvalue weighted by Gasteiger charge is 2.20. The predicted molar refractivity (Wildman–Crippen MR) is 105 cm³/mol. The molecule has 2 N–H and O–H groups in total. The van der Waals surface area contributed by atoms with Crippen LogP contribution in [0, 0.1) is 10.1 Å². The van der Waals surface area contributed by atoms with E-state index in [1.165, 1.54) is 36.0 Å². The lowest BCUT2D eigenvalue weighted by Gasteiger charge is -2.11. The topological polar surface area (TPSA) is 123 Å². The predicted octanol–water partition coefficient (Wildman–Crippen LogP) is 3.22. The molecule has 1 atom stereocenters. The Morgan fingerprint density at radius 2 is 1.82 bits per heavy atom. The standard InChI is InChI=1S/C18H17N5O4S/c1-11(17(25)19-13-5-7-14(8-6-13)23(26)27)28-18-21-20-16(22(18)2)12-3-9-15(24)10-4-12/h3-11,24H,1-2H3,(H,19,25)/t11-/m1/s1. The second kappa shape index (κ2) is 8.09. The Balaban J connectivity index is 1.67. The summed E-state index contributed by atoms with van der Waals surface area (Å²) in [5, 5.41) is 31.2. The lowest BCUT2D eigenvalue weighted by atomic mass is 10.2. The molecular weight excluding hydrogens is 382 g/mol. The first-order valence-corrected chi connectivity index (χ1v) is 9.14. The molecule has 0 saturated carbocycles. The van der Waals surface area contributed by atoms with Crippen LogP contribution in [-0.4, -0.2) is 36.0 Å². The Hall–Kier alpha value is -3.40. The van der Waals surface area contributed by atoms with Gasteiger partial charge in [0.05, 0.1) is 10.2 Å². The molecule has 0 aliphatic carbocycles. The molecule has 10 heteroatoms. The number of carbonyl (C=O) groups is 1. The Morgan fingerprint density at radius 3 is 2.43 bits per heavy atom. The molecule has 2 aromatic carbocycles. The van der Waals surface area contributed by atoms with Gasteiger partial charge in [0.2, 0.25) is 5.91 Å². The van der Waals surface area contributed by atoms with Crippen LogP contribution in [0.5, 0.6) is 5.75 Å². The Kier molecular flexibility index (Phi) is 5.59. The number of phenols is 1. The van der Waals surface area contributed by atoms with Gasteiger partial charge in [0.15, 0.2) is 11.0 Å². The maximum Gasteiger partial charge on any atom is 0.269 e. The molecule has 0 fully saturated rings. The average molecular weight is 399 g/mol. The number of aromatic nitrogens is 3. The molecule has 1 amide bonds. The lowest BCUT2D eigenvalue weighted by Crippen LogP contribution is -2.22. The normalized spacial score (nSPS) is 11.8. The van der Waals surface area contributed by atoms with Crippen LogP contribution in [0.4, 0.5) is 11.4 Å². The van der Waals surface area contributed by atoms with Crippen molar-refractivity contribution in [3.63, 3.8) is 0 Å². The first-order chi connectivity index (χ1) is 13.3. The van der Waals surface area contributed by atoms with Gasteiger partial charge < -0.3 is 15.0 Å². The third-order valence-corrected chi connectivity index (χ3v) is 5.09. The van der Waals surface area contributed by atoms with Gasteiger partial charge in [0.1, 0.15) is 5.75 Å². The molecule has 0 spiro atoms. The molecule has 3 aromatic rings. The van der Waals surface area contributed by atoms with E-state index in [1.54, 1.807) is 42.8 Å². The average Bonchev–Trinajstić information content (AvgIpc) is 3.03. The summed E-state index contributed by atoms with van der Waals surface area (Å²) in [6, 6.07) is 12.2. The van der Waals surface area contributed by atoms with Crippen molar-refractivity contribution in [3.8, 4) is 17.1 Å². The number of nitro groups is 1. The summed E-state index contributed by atoms with van der Waals surface area (Å²) in [7, 11) is 1.80. The van der Waals surface area contributed by atoms with Crippen LogP contribution in [0.3, 0.4) is 0 Å². The first kappa shape index (κ1) is 19.4. The van der Waals surface area contributed by atoms with Crippen LogP contribution in [-0.2, 0) is 11.8 Å². The number of benzene rings is 2. The molecule has 144 valence electrons. The van der Waals surface area contributed by atoms with Crippen molar-refractivity contribution < 1.29 is 14.8 Å². The second-order valence-corrected chi connectivity index (χ2v) is 7.27. The molecule has 1 heterocycles. The van der Waals surface area contributed by atoms with E-state index in [2.05, 4.69) is 15.5 Å². The van der Waals surface area contributed by atoms with Crippen LogP contribution in [0.15, 0.2) is 53.7 Å². The number of nitrogens with one attached hydrogen (secondary N) is 1. The number of nitrogens with zero attached hydrogens (tertiary/aromatic N) is 4. The molecule has 0 unspecified atom stereocenters. The summed E-state index contributed by atoms with van der Waals surface area (Å²) in [5.41, 5.74) is 1.23. The Labute approximate surface area is 164 Å². The van der Waals surface area contributed by atoms with E-state index in [1.807, 2.05) is 0 Å². The monoisotopic (exact) mass is 399 g/mol. The van der Waals surface area contributed by atoms with Crippen molar-refractivity contribution >= 4 is 29.0 Å². The zero-order chi connectivity index (χ0) is 20.3. The molecule has 0 aliphatic heterocycles. The number of phenolic OH excluding ortho intramolecular Hbond substituents is 1. The number of amides is 1. The maximum absolute atomic E-state index is 12.4. The van der Waals surface area contributed by atoms with Crippen molar-refractivity contribution in [1.29, 1.82) is 0 Å². The van der Waals surface area contributed by atoms with E-state index in [0.29, 0.717) is 16.7 Å². The Morgan fingerprint density at radius 1 is 1.18 bits per heavy atom. The number of hydrogen-bond donors (Lipinski definition) is 2. The van der Waals surface area contributed by atoms with Crippen molar-refractivity contribution in [2.45, 2.75) is 17.3 Å². The van der Waals surface area contributed by atoms with Gasteiger partial charge in [-0.15, -0.1) is 10.2 Å². The van der Waals surface area contributed by atoms with Crippen LogP contribution < -0.4 is 5.32 Å². The molecule has 0 saturated heterocycles. The van der Waals surface area contributed by atoms with Crippen LogP contribution in [0.1, 0.15) is 6.92 Å². The number of nitro benzene ring substituents is 1. The van der Waals surface area contributed by atoms with E-state index >= 15 is 0 Å².